The number of ether oxygens (including phenoxy) is 1. The number of carboxylic acid groups (broad SMARTS) is 1. The molecule has 0 aliphatic heterocycles. The molecule has 0 aliphatic carbocycles. The van der Waals surface area contributed by atoms with E-state index in [2.05, 4.69) is 4.74 Å². The molecule has 1 atom stereocenters. The van der Waals surface area contributed by atoms with Crippen molar-refractivity contribution in [3.8, 4) is 0 Å². The van der Waals surface area contributed by atoms with Gasteiger partial charge in [-0.3, -0.25) is 9.59 Å². The van der Waals surface area contributed by atoms with E-state index in [0.717, 1.165) is 0 Å². The van der Waals surface area contributed by atoms with Crippen LogP contribution in [0.4, 0.5) is 0 Å². The van der Waals surface area contributed by atoms with Gasteiger partial charge >= 0.3 is 11.9 Å². The molecule has 0 saturated heterocycles. The molecule has 5 heteroatoms. The molecule has 0 aliphatic rings. The zero-order valence-electron chi connectivity index (χ0n) is 10.5. The zero-order chi connectivity index (χ0) is 13.0. The molecule has 1 N–H and O–H groups in total. The smallest absolute Gasteiger partial charge is 0.324 e. The Labute approximate surface area is 101 Å². The SMILES string of the molecule is CCC(CSC(C)(C)C)(C(=O)O)C(=O)OC. The third-order valence-corrected chi connectivity index (χ3v) is 3.84. The Morgan fingerprint density at radius 2 is 1.81 bits per heavy atom. The Morgan fingerprint density at radius 1 is 1.31 bits per heavy atom. The standard InChI is InChI=1S/C11H20O4S/c1-6-11(8(12)13,9(14)15-5)7-16-10(2,3)4/h6-7H2,1-5H3,(H,12,13). The van der Waals surface area contributed by atoms with Crippen LogP contribution in [0.15, 0.2) is 0 Å². The molecule has 0 amide bonds. The average molecular weight is 248 g/mol. The molecule has 0 heterocycles. The van der Waals surface area contributed by atoms with E-state index in [1.165, 1.54) is 18.9 Å². The molecule has 0 rings (SSSR count). The summed E-state index contributed by atoms with van der Waals surface area (Å²) in [7, 11) is 1.22. The first-order valence-electron chi connectivity index (χ1n) is 5.15. The number of esters is 1. The van der Waals surface area contributed by atoms with Crippen LogP contribution < -0.4 is 0 Å². The molecule has 0 aromatic rings. The summed E-state index contributed by atoms with van der Waals surface area (Å²) in [5.74, 6) is -1.55. The number of thioether (sulfide) groups is 1. The predicted octanol–water partition coefficient (Wildman–Crippen LogP) is 2.17. The summed E-state index contributed by atoms with van der Waals surface area (Å²) in [6, 6.07) is 0. The number of hydrogen-bond donors (Lipinski definition) is 1. The Balaban J connectivity index is 4.93. The third kappa shape index (κ3) is 3.70. The van der Waals surface area contributed by atoms with E-state index < -0.39 is 17.4 Å². The maximum absolute atomic E-state index is 11.6. The van der Waals surface area contributed by atoms with Crippen molar-refractivity contribution < 1.29 is 19.4 Å². The van der Waals surface area contributed by atoms with Crippen molar-refractivity contribution >= 4 is 23.7 Å². The molecule has 1 unspecified atom stereocenters. The lowest BCUT2D eigenvalue weighted by Gasteiger charge is -2.28. The normalized spacial score (nSPS) is 15.3. The van der Waals surface area contributed by atoms with Crippen LogP contribution in [0.3, 0.4) is 0 Å². The summed E-state index contributed by atoms with van der Waals surface area (Å²) in [5.41, 5.74) is -1.42. The first-order valence-corrected chi connectivity index (χ1v) is 6.14. The molecule has 0 radical (unpaired) electrons. The van der Waals surface area contributed by atoms with Crippen molar-refractivity contribution in [3.05, 3.63) is 0 Å². The van der Waals surface area contributed by atoms with Gasteiger partial charge in [0.15, 0.2) is 5.41 Å². The fourth-order valence-electron chi connectivity index (χ4n) is 1.14. The maximum Gasteiger partial charge on any atom is 0.324 e. The predicted molar refractivity (Wildman–Crippen MR) is 64.6 cm³/mol. The largest absolute Gasteiger partial charge is 0.480 e. The molecule has 94 valence electrons. The van der Waals surface area contributed by atoms with Gasteiger partial charge in [-0.2, -0.15) is 11.8 Å². The topological polar surface area (TPSA) is 63.6 Å². The molecule has 4 nitrogen and oxygen atoms in total. The molecule has 0 fully saturated rings. The number of methoxy groups -OCH3 is 1. The van der Waals surface area contributed by atoms with Crippen LogP contribution >= 0.6 is 11.8 Å². The highest BCUT2D eigenvalue weighted by Gasteiger charge is 2.46. The first-order chi connectivity index (χ1) is 7.19. The van der Waals surface area contributed by atoms with Crippen molar-refractivity contribution in [2.75, 3.05) is 12.9 Å². The number of carbonyl (C=O) groups is 2. The van der Waals surface area contributed by atoms with Crippen LogP contribution in [-0.2, 0) is 14.3 Å². The molecular weight excluding hydrogens is 228 g/mol. The van der Waals surface area contributed by atoms with E-state index in [-0.39, 0.29) is 16.9 Å². The Morgan fingerprint density at radius 3 is 2.06 bits per heavy atom. The minimum Gasteiger partial charge on any atom is -0.480 e. The second-order valence-corrected chi connectivity index (χ2v) is 6.44. The second-order valence-electron chi connectivity index (χ2n) is 4.63. The fourth-order valence-corrected chi connectivity index (χ4v) is 2.27. The van der Waals surface area contributed by atoms with Gasteiger partial charge < -0.3 is 9.84 Å². The summed E-state index contributed by atoms with van der Waals surface area (Å²) >= 11 is 1.46. The van der Waals surface area contributed by atoms with Crippen LogP contribution in [0, 0.1) is 5.41 Å². The van der Waals surface area contributed by atoms with Gasteiger partial charge in [0.1, 0.15) is 0 Å². The third-order valence-electron chi connectivity index (χ3n) is 2.34. The van der Waals surface area contributed by atoms with Gasteiger partial charge in [-0.1, -0.05) is 27.7 Å². The van der Waals surface area contributed by atoms with Gasteiger partial charge in [0.25, 0.3) is 0 Å². The molecule has 0 aromatic carbocycles. The van der Waals surface area contributed by atoms with E-state index in [1.54, 1.807) is 6.92 Å². The van der Waals surface area contributed by atoms with Gasteiger partial charge in [0.05, 0.1) is 7.11 Å². The van der Waals surface area contributed by atoms with E-state index in [1.807, 2.05) is 20.8 Å². The minimum absolute atomic E-state index is 0.0795. The molecule has 0 spiro atoms. The van der Waals surface area contributed by atoms with Crippen LogP contribution in [0.25, 0.3) is 0 Å². The number of hydrogen-bond acceptors (Lipinski definition) is 4. The number of aliphatic carboxylic acids is 1. The summed E-state index contributed by atoms with van der Waals surface area (Å²) in [4.78, 5) is 22.9. The monoisotopic (exact) mass is 248 g/mol. The van der Waals surface area contributed by atoms with Crippen LogP contribution in [0.2, 0.25) is 0 Å². The summed E-state index contributed by atoms with van der Waals surface area (Å²) < 4.78 is 4.52. The molecule has 0 bridgehead atoms. The lowest BCUT2D eigenvalue weighted by atomic mass is 9.87. The minimum atomic E-state index is -1.42. The highest BCUT2D eigenvalue weighted by molar-refractivity contribution is 8.00. The first kappa shape index (κ1) is 15.3. The maximum atomic E-state index is 11.6. The lowest BCUT2D eigenvalue weighted by Crippen LogP contribution is -2.42. The van der Waals surface area contributed by atoms with Crippen molar-refractivity contribution in [1.82, 2.24) is 0 Å². The number of rotatable bonds is 5. The van der Waals surface area contributed by atoms with Gasteiger partial charge in [-0.05, 0) is 6.42 Å². The number of carboxylic acids is 1. The fraction of sp³-hybridized carbons (Fsp3) is 0.818. The number of carbonyl (C=O) groups excluding carboxylic acids is 1. The Kier molecular flexibility index (Phi) is 5.32. The summed E-state index contributed by atoms with van der Waals surface area (Å²) in [6.07, 6.45) is 0.234. The van der Waals surface area contributed by atoms with Crippen molar-refractivity contribution in [3.63, 3.8) is 0 Å². The van der Waals surface area contributed by atoms with Crippen molar-refractivity contribution in [2.24, 2.45) is 5.41 Å². The molecular formula is C11H20O4S. The van der Waals surface area contributed by atoms with Crippen molar-refractivity contribution in [2.45, 2.75) is 38.9 Å². The zero-order valence-corrected chi connectivity index (χ0v) is 11.3. The second kappa shape index (κ2) is 5.57. The molecule has 0 aromatic heterocycles. The van der Waals surface area contributed by atoms with Gasteiger partial charge in [0, 0.05) is 10.5 Å². The van der Waals surface area contributed by atoms with Crippen LogP contribution in [-0.4, -0.2) is 34.7 Å². The van der Waals surface area contributed by atoms with E-state index in [0.29, 0.717) is 0 Å². The Hall–Kier alpha value is -0.710. The van der Waals surface area contributed by atoms with E-state index >= 15 is 0 Å². The quantitative estimate of drug-likeness (QED) is 0.596. The van der Waals surface area contributed by atoms with Gasteiger partial charge in [-0.25, -0.2) is 0 Å². The summed E-state index contributed by atoms with van der Waals surface area (Å²) in [5, 5.41) is 9.21. The molecule has 16 heavy (non-hydrogen) atoms. The Bertz CT molecular complexity index is 270. The molecule has 0 saturated carbocycles. The summed E-state index contributed by atoms with van der Waals surface area (Å²) in [6.45, 7) is 7.64. The lowest BCUT2D eigenvalue weighted by molar-refractivity contribution is -0.165. The van der Waals surface area contributed by atoms with E-state index in [4.69, 9.17) is 0 Å². The van der Waals surface area contributed by atoms with E-state index in [9.17, 15) is 14.7 Å². The van der Waals surface area contributed by atoms with Gasteiger partial charge in [-0.15, -0.1) is 0 Å². The van der Waals surface area contributed by atoms with Crippen LogP contribution in [0.1, 0.15) is 34.1 Å². The average Bonchev–Trinajstić information content (AvgIpc) is 2.16. The van der Waals surface area contributed by atoms with Crippen molar-refractivity contribution in [1.29, 1.82) is 0 Å². The van der Waals surface area contributed by atoms with Crippen LogP contribution in [0.5, 0.6) is 0 Å². The highest BCUT2D eigenvalue weighted by Crippen LogP contribution is 2.34. The van der Waals surface area contributed by atoms with Gasteiger partial charge in [0.2, 0.25) is 0 Å². The highest BCUT2D eigenvalue weighted by atomic mass is 32.2.